The van der Waals surface area contributed by atoms with E-state index < -0.39 is 17.7 Å². The van der Waals surface area contributed by atoms with Gasteiger partial charge >= 0.3 is 11.9 Å². The van der Waals surface area contributed by atoms with Gasteiger partial charge in [0.2, 0.25) is 0 Å². The zero-order valence-electron chi connectivity index (χ0n) is 11.3. The summed E-state index contributed by atoms with van der Waals surface area (Å²) in [5.74, 6) is -1.93. The number of esters is 2. The van der Waals surface area contributed by atoms with Gasteiger partial charge in [0.25, 0.3) is 5.79 Å². The van der Waals surface area contributed by atoms with Gasteiger partial charge in [-0.3, -0.25) is 9.59 Å². The van der Waals surface area contributed by atoms with Crippen LogP contribution in [-0.4, -0.2) is 17.7 Å². The fraction of sp³-hybridized carbons (Fsp3) is 0.846. The van der Waals surface area contributed by atoms with Gasteiger partial charge in [-0.05, 0) is 12.8 Å². The van der Waals surface area contributed by atoms with E-state index in [2.05, 4.69) is 0 Å². The fourth-order valence-corrected chi connectivity index (χ4v) is 2.81. The third kappa shape index (κ3) is 2.61. The van der Waals surface area contributed by atoms with Crippen molar-refractivity contribution in [2.45, 2.75) is 59.7 Å². The molecule has 0 aromatic carbocycles. The molecule has 0 aromatic rings. The normalized spacial score (nSPS) is 26.1. The monoisotopic (exact) mass is 242 g/mol. The summed E-state index contributed by atoms with van der Waals surface area (Å²) >= 11 is 0. The smallest absolute Gasteiger partial charge is 0.305 e. The van der Waals surface area contributed by atoms with Gasteiger partial charge in [0.1, 0.15) is 0 Å². The first-order valence-electron chi connectivity index (χ1n) is 6.10. The van der Waals surface area contributed by atoms with E-state index in [1.54, 1.807) is 0 Å². The minimum Gasteiger partial charge on any atom is -0.422 e. The zero-order valence-corrected chi connectivity index (χ0v) is 11.3. The average Bonchev–Trinajstić information content (AvgIpc) is 2.12. The second kappa shape index (κ2) is 4.67. The minimum atomic E-state index is -1.12. The van der Waals surface area contributed by atoms with Crippen LogP contribution in [0.2, 0.25) is 0 Å². The van der Waals surface area contributed by atoms with Crippen molar-refractivity contribution in [3.05, 3.63) is 0 Å². The van der Waals surface area contributed by atoms with E-state index in [4.69, 9.17) is 9.47 Å². The maximum absolute atomic E-state index is 11.3. The van der Waals surface area contributed by atoms with Crippen LogP contribution in [0.1, 0.15) is 53.9 Å². The SMILES string of the molecule is CC(=O)OC1(OC(C)=O)C(C)CCCC1(C)C. The van der Waals surface area contributed by atoms with Gasteiger partial charge in [0.05, 0.1) is 0 Å². The summed E-state index contributed by atoms with van der Waals surface area (Å²) in [6.45, 7) is 8.63. The summed E-state index contributed by atoms with van der Waals surface area (Å²) in [4.78, 5) is 22.6. The molecule has 0 spiro atoms. The van der Waals surface area contributed by atoms with Crippen molar-refractivity contribution in [1.82, 2.24) is 0 Å². The van der Waals surface area contributed by atoms with Crippen molar-refractivity contribution in [2.75, 3.05) is 0 Å². The first-order chi connectivity index (χ1) is 7.71. The lowest BCUT2D eigenvalue weighted by molar-refractivity contribution is -0.297. The van der Waals surface area contributed by atoms with Gasteiger partial charge in [-0.25, -0.2) is 0 Å². The largest absolute Gasteiger partial charge is 0.422 e. The zero-order chi connectivity index (χ0) is 13.3. The molecule has 0 aliphatic heterocycles. The number of rotatable bonds is 2. The lowest BCUT2D eigenvalue weighted by Gasteiger charge is -2.50. The highest BCUT2D eigenvalue weighted by Crippen LogP contribution is 2.50. The number of hydrogen-bond donors (Lipinski definition) is 0. The van der Waals surface area contributed by atoms with Gasteiger partial charge in [0, 0.05) is 25.2 Å². The van der Waals surface area contributed by atoms with Crippen molar-refractivity contribution in [1.29, 1.82) is 0 Å². The lowest BCUT2D eigenvalue weighted by atomic mass is 9.67. The molecule has 1 aliphatic carbocycles. The molecule has 0 N–H and O–H groups in total. The quantitative estimate of drug-likeness (QED) is 0.552. The van der Waals surface area contributed by atoms with Crippen LogP contribution in [0.5, 0.6) is 0 Å². The molecule has 1 aliphatic rings. The van der Waals surface area contributed by atoms with Crippen LogP contribution in [0.3, 0.4) is 0 Å². The van der Waals surface area contributed by atoms with Crippen LogP contribution >= 0.6 is 0 Å². The topological polar surface area (TPSA) is 52.6 Å². The van der Waals surface area contributed by atoms with E-state index in [1.165, 1.54) is 13.8 Å². The molecule has 0 bridgehead atoms. The maximum atomic E-state index is 11.3. The summed E-state index contributed by atoms with van der Waals surface area (Å²) in [7, 11) is 0. The molecule has 0 saturated heterocycles. The first kappa shape index (κ1) is 14.0. The molecule has 1 unspecified atom stereocenters. The minimum absolute atomic E-state index is 0.0130. The molecule has 4 heteroatoms. The Morgan fingerprint density at radius 2 is 1.59 bits per heavy atom. The molecule has 98 valence electrons. The Balaban J connectivity index is 3.14. The molecule has 1 fully saturated rings. The van der Waals surface area contributed by atoms with Crippen LogP contribution < -0.4 is 0 Å². The Labute approximate surface area is 103 Å². The van der Waals surface area contributed by atoms with Crippen molar-refractivity contribution in [3.63, 3.8) is 0 Å². The highest BCUT2D eigenvalue weighted by Gasteiger charge is 2.57. The second-order valence-corrected chi connectivity index (χ2v) is 5.53. The molecule has 1 rings (SSSR count). The van der Waals surface area contributed by atoms with Crippen LogP contribution in [0.4, 0.5) is 0 Å². The predicted molar refractivity (Wildman–Crippen MR) is 63.1 cm³/mol. The van der Waals surface area contributed by atoms with Gasteiger partial charge in [-0.15, -0.1) is 0 Å². The van der Waals surface area contributed by atoms with E-state index in [0.29, 0.717) is 0 Å². The molecule has 0 radical (unpaired) electrons. The molecule has 0 amide bonds. The summed E-state index contributed by atoms with van der Waals surface area (Å²) in [6.07, 6.45) is 2.82. The summed E-state index contributed by atoms with van der Waals surface area (Å²) in [5.41, 5.74) is -0.359. The van der Waals surface area contributed by atoms with Crippen LogP contribution in [0, 0.1) is 11.3 Å². The summed E-state index contributed by atoms with van der Waals surface area (Å²) in [6, 6.07) is 0. The van der Waals surface area contributed by atoms with Crippen LogP contribution in [0.25, 0.3) is 0 Å². The second-order valence-electron chi connectivity index (χ2n) is 5.53. The maximum Gasteiger partial charge on any atom is 0.305 e. The summed E-state index contributed by atoms with van der Waals surface area (Å²) in [5, 5.41) is 0. The van der Waals surface area contributed by atoms with Gasteiger partial charge in [-0.1, -0.05) is 27.2 Å². The van der Waals surface area contributed by atoms with Crippen molar-refractivity contribution in [3.8, 4) is 0 Å². The van der Waals surface area contributed by atoms with E-state index in [-0.39, 0.29) is 11.3 Å². The lowest BCUT2D eigenvalue weighted by Crippen LogP contribution is -2.57. The number of hydrogen-bond acceptors (Lipinski definition) is 4. The van der Waals surface area contributed by atoms with Crippen molar-refractivity contribution >= 4 is 11.9 Å². The number of carbonyl (C=O) groups excluding carboxylic acids is 2. The molecule has 1 saturated carbocycles. The molecule has 0 heterocycles. The summed E-state index contributed by atoms with van der Waals surface area (Å²) < 4.78 is 10.9. The first-order valence-corrected chi connectivity index (χ1v) is 6.10. The Morgan fingerprint density at radius 1 is 1.12 bits per heavy atom. The Morgan fingerprint density at radius 3 is 1.94 bits per heavy atom. The highest BCUT2D eigenvalue weighted by atomic mass is 16.7. The Bertz CT molecular complexity index is 303. The molecule has 4 nitrogen and oxygen atoms in total. The molecular formula is C13H22O4. The molecule has 0 aromatic heterocycles. The fourth-order valence-electron chi connectivity index (χ4n) is 2.81. The third-order valence-electron chi connectivity index (χ3n) is 3.62. The standard InChI is InChI=1S/C13H22O4/c1-9-7-6-8-12(4,5)13(9,16-10(2)14)17-11(3)15/h9H,6-8H2,1-5H3. The van der Waals surface area contributed by atoms with Crippen LogP contribution in [-0.2, 0) is 19.1 Å². The molecule has 1 atom stereocenters. The Hall–Kier alpha value is -1.06. The average molecular weight is 242 g/mol. The van der Waals surface area contributed by atoms with Gasteiger partial charge in [-0.2, -0.15) is 0 Å². The van der Waals surface area contributed by atoms with Crippen LogP contribution in [0.15, 0.2) is 0 Å². The predicted octanol–water partition coefficient (Wildman–Crippen LogP) is 2.66. The number of ether oxygens (including phenoxy) is 2. The highest BCUT2D eigenvalue weighted by molar-refractivity contribution is 5.69. The van der Waals surface area contributed by atoms with Gasteiger partial charge in [0.15, 0.2) is 0 Å². The van der Waals surface area contributed by atoms with E-state index in [0.717, 1.165) is 19.3 Å². The van der Waals surface area contributed by atoms with Gasteiger partial charge < -0.3 is 9.47 Å². The van der Waals surface area contributed by atoms with E-state index >= 15 is 0 Å². The molecular weight excluding hydrogens is 220 g/mol. The Kier molecular flexibility index (Phi) is 3.84. The molecule has 17 heavy (non-hydrogen) atoms. The van der Waals surface area contributed by atoms with Crippen molar-refractivity contribution < 1.29 is 19.1 Å². The third-order valence-corrected chi connectivity index (χ3v) is 3.62. The van der Waals surface area contributed by atoms with E-state index in [1.807, 2.05) is 20.8 Å². The van der Waals surface area contributed by atoms with E-state index in [9.17, 15) is 9.59 Å². The number of carbonyl (C=O) groups is 2. The van der Waals surface area contributed by atoms with Crippen molar-refractivity contribution in [2.24, 2.45) is 11.3 Å².